The van der Waals surface area contributed by atoms with Gasteiger partial charge in [0.05, 0.1) is 11.1 Å². The van der Waals surface area contributed by atoms with Crippen LogP contribution in [0.5, 0.6) is 11.5 Å². The highest BCUT2D eigenvalue weighted by atomic mass is 16.5. The molecule has 0 atom stereocenters. The van der Waals surface area contributed by atoms with E-state index in [2.05, 4.69) is 0 Å². The summed E-state index contributed by atoms with van der Waals surface area (Å²) in [5, 5.41) is 2.07. The van der Waals surface area contributed by atoms with E-state index in [1.807, 2.05) is 55.5 Å². The van der Waals surface area contributed by atoms with Gasteiger partial charge in [0.25, 0.3) is 0 Å². The van der Waals surface area contributed by atoms with Crippen LogP contribution < -0.4 is 9.47 Å². The van der Waals surface area contributed by atoms with Gasteiger partial charge >= 0.3 is 11.9 Å². The van der Waals surface area contributed by atoms with E-state index >= 15 is 0 Å². The van der Waals surface area contributed by atoms with Crippen molar-refractivity contribution in [2.24, 2.45) is 0 Å². The van der Waals surface area contributed by atoms with Crippen molar-refractivity contribution < 1.29 is 19.1 Å². The van der Waals surface area contributed by atoms with Crippen molar-refractivity contribution in [3.63, 3.8) is 0 Å². The van der Waals surface area contributed by atoms with E-state index in [0.29, 0.717) is 22.6 Å². The molecule has 0 amide bonds. The molecule has 4 aromatic rings. The first-order valence-electron chi connectivity index (χ1n) is 9.18. The minimum absolute atomic E-state index is 0.359. The number of rotatable bonds is 4. The monoisotopic (exact) mass is 382 g/mol. The number of hydrogen-bond donors (Lipinski definition) is 0. The molecule has 4 aromatic carbocycles. The summed E-state index contributed by atoms with van der Waals surface area (Å²) < 4.78 is 10.8. The highest BCUT2D eigenvalue weighted by molar-refractivity contribution is 5.93. The Morgan fingerprint density at radius 2 is 1.10 bits per heavy atom. The Hall–Kier alpha value is -3.92. The first kappa shape index (κ1) is 18.4. The minimum Gasteiger partial charge on any atom is -0.423 e. The second kappa shape index (κ2) is 7.98. The van der Waals surface area contributed by atoms with Crippen LogP contribution in [0.15, 0.2) is 91.0 Å². The van der Waals surface area contributed by atoms with E-state index in [4.69, 9.17) is 9.47 Å². The molecular weight excluding hydrogens is 364 g/mol. The van der Waals surface area contributed by atoms with Crippen molar-refractivity contribution in [2.45, 2.75) is 6.92 Å². The smallest absolute Gasteiger partial charge is 0.343 e. The number of benzene rings is 4. The van der Waals surface area contributed by atoms with E-state index < -0.39 is 11.9 Å². The molecule has 0 aliphatic carbocycles. The summed E-state index contributed by atoms with van der Waals surface area (Å²) in [6.45, 7) is 1.95. The molecule has 0 unspecified atom stereocenters. The zero-order valence-electron chi connectivity index (χ0n) is 15.8. The van der Waals surface area contributed by atoms with Crippen LogP contribution >= 0.6 is 0 Å². The van der Waals surface area contributed by atoms with E-state index in [1.165, 1.54) is 0 Å². The Morgan fingerprint density at radius 1 is 0.586 bits per heavy atom. The standard InChI is InChI=1S/C25H18O4/c1-17-6-8-19(9-7-17)24(26)28-22-13-11-20(12-14-22)25(27)29-23-15-10-18-4-2-3-5-21(18)16-23/h2-16H,1H3. The van der Waals surface area contributed by atoms with Crippen molar-refractivity contribution in [3.05, 3.63) is 108 Å². The zero-order valence-corrected chi connectivity index (χ0v) is 15.8. The number of carbonyl (C=O) groups excluding carboxylic acids is 2. The second-order valence-electron chi connectivity index (χ2n) is 6.68. The lowest BCUT2D eigenvalue weighted by Crippen LogP contribution is -2.10. The third-order valence-corrected chi connectivity index (χ3v) is 4.52. The first-order chi connectivity index (χ1) is 14.1. The third-order valence-electron chi connectivity index (χ3n) is 4.52. The number of aryl methyl sites for hydroxylation is 1. The summed E-state index contributed by atoms with van der Waals surface area (Å²) >= 11 is 0. The molecule has 0 saturated carbocycles. The predicted octanol–water partition coefficient (Wildman–Crippen LogP) is 5.59. The fraction of sp³-hybridized carbons (Fsp3) is 0.0400. The highest BCUT2D eigenvalue weighted by Gasteiger charge is 2.12. The minimum atomic E-state index is -0.475. The zero-order chi connectivity index (χ0) is 20.2. The molecule has 4 nitrogen and oxygen atoms in total. The predicted molar refractivity (Wildman–Crippen MR) is 111 cm³/mol. The Morgan fingerprint density at radius 3 is 1.76 bits per heavy atom. The van der Waals surface area contributed by atoms with E-state index in [1.54, 1.807) is 42.5 Å². The van der Waals surface area contributed by atoms with Crippen LogP contribution in [0.4, 0.5) is 0 Å². The summed E-state index contributed by atoms with van der Waals surface area (Å²) in [5.74, 6) is -0.0883. The molecule has 0 spiro atoms. The van der Waals surface area contributed by atoms with Gasteiger partial charge in [-0.3, -0.25) is 0 Å². The number of fused-ring (bicyclic) bond motifs is 1. The van der Waals surface area contributed by atoms with Gasteiger partial charge in [-0.05, 0) is 66.2 Å². The van der Waals surface area contributed by atoms with Crippen LogP contribution in [0.25, 0.3) is 10.8 Å². The maximum atomic E-state index is 12.4. The van der Waals surface area contributed by atoms with E-state index in [9.17, 15) is 9.59 Å². The number of ether oxygens (including phenoxy) is 2. The lowest BCUT2D eigenvalue weighted by Gasteiger charge is -2.07. The third kappa shape index (κ3) is 4.33. The SMILES string of the molecule is Cc1ccc(C(=O)Oc2ccc(C(=O)Oc3ccc4ccccc4c3)cc2)cc1. The Bertz CT molecular complexity index is 1180. The fourth-order valence-corrected chi connectivity index (χ4v) is 2.91. The second-order valence-corrected chi connectivity index (χ2v) is 6.68. The topological polar surface area (TPSA) is 52.6 Å². The largest absolute Gasteiger partial charge is 0.423 e. The van der Waals surface area contributed by atoms with Crippen molar-refractivity contribution >= 4 is 22.7 Å². The molecule has 142 valence electrons. The van der Waals surface area contributed by atoms with E-state index in [0.717, 1.165) is 16.3 Å². The molecule has 4 rings (SSSR count). The molecule has 0 heterocycles. The van der Waals surface area contributed by atoms with Gasteiger partial charge in [-0.1, -0.05) is 48.0 Å². The molecule has 0 aromatic heterocycles. The van der Waals surface area contributed by atoms with Crippen molar-refractivity contribution in [2.75, 3.05) is 0 Å². The molecule has 29 heavy (non-hydrogen) atoms. The Labute approximate surface area is 168 Å². The van der Waals surface area contributed by atoms with Gasteiger partial charge in [-0.25, -0.2) is 9.59 Å². The van der Waals surface area contributed by atoms with Crippen LogP contribution in [-0.2, 0) is 0 Å². The molecule has 4 heteroatoms. The van der Waals surface area contributed by atoms with Gasteiger partial charge < -0.3 is 9.47 Å². The summed E-state index contributed by atoms with van der Waals surface area (Å²) in [4.78, 5) is 24.6. The number of carbonyl (C=O) groups is 2. The molecule has 0 fully saturated rings. The molecule has 0 radical (unpaired) electrons. The average molecular weight is 382 g/mol. The fourth-order valence-electron chi connectivity index (χ4n) is 2.91. The first-order valence-corrected chi connectivity index (χ1v) is 9.18. The van der Waals surface area contributed by atoms with Crippen LogP contribution in [0.1, 0.15) is 26.3 Å². The van der Waals surface area contributed by atoms with Crippen molar-refractivity contribution in [1.82, 2.24) is 0 Å². The van der Waals surface area contributed by atoms with Gasteiger partial charge in [0.2, 0.25) is 0 Å². The van der Waals surface area contributed by atoms with Crippen molar-refractivity contribution in [1.29, 1.82) is 0 Å². The summed E-state index contributed by atoms with van der Waals surface area (Å²) in [5.41, 5.74) is 1.90. The van der Waals surface area contributed by atoms with Gasteiger partial charge in [0, 0.05) is 0 Å². The van der Waals surface area contributed by atoms with Gasteiger partial charge in [0.15, 0.2) is 0 Å². The van der Waals surface area contributed by atoms with Crippen LogP contribution in [-0.4, -0.2) is 11.9 Å². The molecule has 0 bridgehead atoms. The maximum Gasteiger partial charge on any atom is 0.343 e. The lowest BCUT2D eigenvalue weighted by molar-refractivity contribution is 0.0730. The average Bonchev–Trinajstić information content (AvgIpc) is 2.74. The van der Waals surface area contributed by atoms with E-state index in [-0.39, 0.29) is 0 Å². The van der Waals surface area contributed by atoms with Gasteiger partial charge in [-0.15, -0.1) is 0 Å². The molecule has 0 aliphatic rings. The van der Waals surface area contributed by atoms with Crippen LogP contribution in [0.3, 0.4) is 0 Å². The lowest BCUT2D eigenvalue weighted by atomic mass is 10.1. The molecule has 0 aliphatic heterocycles. The molecule has 0 saturated heterocycles. The normalized spacial score (nSPS) is 10.5. The summed E-state index contributed by atoms with van der Waals surface area (Å²) in [6.07, 6.45) is 0. The molecule has 0 N–H and O–H groups in total. The number of hydrogen-bond acceptors (Lipinski definition) is 4. The Balaban J connectivity index is 1.43. The van der Waals surface area contributed by atoms with Crippen molar-refractivity contribution in [3.8, 4) is 11.5 Å². The number of esters is 2. The summed E-state index contributed by atoms with van der Waals surface area (Å²) in [6, 6.07) is 26.8. The molecular formula is C25H18O4. The highest BCUT2D eigenvalue weighted by Crippen LogP contribution is 2.22. The summed E-state index contributed by atoms with van der Waals surface area (Å²) in [7, 11) is 0. The van der Waals surface area contributed by atoms with Gasteiger partial charge in [0.1, 0.15) is 11.5 Å². The van der Waals surface area contributed by atoms with Crippen LogP contribution in [0.2, 0.25) is 0 Å². The maximum absolute atomic E-state index is 12.4. The Kier molecular flexibility index (Phi) is 5.08. The van der Waals surface area contributed by atoms with Gasteiger partial charge in [-0.2, -0.15) is 0 Å². The quantitative estimate of drug-likeness (QED) is 0.341. The van der Waals surface area contributed by atoms with Crippen LogP contribution in [0, 0.1) is 6.92 Å².